The Labute approximate surface area is 252 Å². The molecule has 0 radical (unpaired) electrons. The summed E-state index contributed by atoms with van der Waals surface area (Å²) in [6, 6.07) is 17.0. The number of hydrogen-bond acceptors (Lipinski definition) is 9. The van der Waals surface area contributed by atoms with Gasteiger partial charge in [-0.3, -0.25) is 9.36 Å². The van der Waals surface area contributed by atoms with E-state index in [0.717, 1.165) is 5.56 Å². The molecule has 0 amide bonds. The maximum atomic E-state index is 13.9. The zero-order valence-electron chi connectivity index (χ0n) is 24.6. The van der Waals surface area contributed by atoms with E-state index >= 15 is 0 Å². The fourth-order valence-electron chi connectivity index (χ4n) is 4.69. The number of nitrogens with zero attached hydrogens (tertiary/aromatic N) is 2. The molecule has 1 aliphatic rings. The molecule has 5 rings (SSSR count). The number of esters is 2. The summed E-state index contributed by atoms with van der Waals surface area (Å²) in [6.07, 6.45) is 3.22. The van der Waals surface area contributed by atoms with Crippen molar-refractivity contribution in [1.82, 2.24) is 4.57 Å². The van der Waals surface area contributed by atoms with Crippen LogP contribution in [-0.2, 0) is 19.7 Å². The van der Waals surface area contributed by atoms with Gasteiger partial charge in [0.05, 0.1) is 34.7 Å². The maximum Gasteiger partial charge on any atom is 0.379 e. The summed E-state index contributed by atoms with van der Waals surface area (Å²) in [5.74, 6) is -0.881. The highest BCUT2D eigenvalue weighted by atomic mass is 32.1. The molecule has 0 unspecified atom stereocenters. The lowest BCUT2D eigenvalue weighted by molar-refractivity contribution is -0.140. The van der Waals surface area contributed by atoms with Gasteiger partial charge >= 0.3 is 11.9 Å². The molecule has 0 N–H and O–H groups in total. The van der Waals surface area contributed by atoms with E-state index in [4.69, 9.17) is 18.6 Å². The van der Waals surface area contributed by atoms with Crippen LogP contribution in [0.3, 0.4) is 0 Å². The van der Waals surface area contributed by atoms with Gasteiger partial charge < -0.3 is 18.6 Å². The first-order valence-corrected chi connectivity index (χ1v) is 14.5. The largest absolute Gasteiger partial charge is 0.460 e. The first kappa shape index (κ1) is 29.9. The average Bonchev–Trinajstić information content (AvgIpc) is 3.61. The number of benzene rings is 2. The third-order valence-electron chi connectivity index (χ3n) is 6.97. The van der Waals surface area contributed by atoms with E-state index in [1.54, 1.807) is 37.3 Å². The molecule has 4 aromatic rings. The Hall–Kier alpha value is -4.54. The van der Waals surface area contributed by atoms with E-state index in [0.29, 0.717) is 20.6 Å². The number of carbonyl (C=O) groups is 2. The fraction of sp³-hybridized carbons (Fsp3) is 0.273. The van der Waals surface area contributed by atoms with E-state index in [1.165, 1.54) is 40.9 Å². The smallest absolute Gasteiger partial charge is 0.379 e. The summed E-state index contributed by atoms with van der Waals surface area (Å²) in [5, 5.41) is 0. The third kappa shape index (κ3) is 6.45. The van der Waals surface area contributed by atoms with Crippen LogP contribution in [0.15, 0.2) is 92.4 Å². The molecule has 2 aromatic carbocycles. The summed E-state index contributed by atoms with van der Waals surface area (Å²) >= 11 is 1.26. The number of furan rings is 1. The van der Waals surface area contributed by atoms with Crippen molar-refractivity contribution in [3.05, 3.63) is 120 Å². The molecule has 222 valence electrons. The van der Waals surface area contributed by atoms with Crippen LogP contribution in [0.25, 0.3) is 6.08 Å². The molecule has 3 heterocycles. The summed E-state index contributed by atoms with van der Waals surface area (Å²) in [5.41, 5.74) is 3.11. The van der Waals surface area contributed by atoms with Crippen LogP contribution in [0.1, 0.15) is 61.0 Å². The molecular formula is C33H32N2O7S. The van der Waals surface area contributed by atoms with Gasteiger partial charge in [0.15, 0.2) is 4.80 Å². The Morgan fingerprint density at radius 3 is 2.37 bits per heavy atom. The van der Waals surface area contributed by atoms with Crippen molar-refractivity contribution < 1.29 is 28.2 Å². The van der Waals surface area contributed by atoms with Crippen LogP contribution < -0.4 is 19.6 Å². The molecule has 0 bridgehead atoms. The summed E-state index contributed by atoms with van der Waals surface area (Å²) in [6.45, 7) is 8.45. The van der Waals surface area contributed by atoms with E-state index in [-0.39, 0.29) is 41.3 Å². The molecule has 9 nitrogen and oxygen atoms in total. The molecular weight excluding hydrogens is 568 g/mol. The van der Waals surface area contributed by atoms with Gasteiger partial charge in [-0.1, -0.05) is 68.5 Å². The molecule has 43 heavy (non-hydrogen) atoms. The minimum atomic E-state index is -0.813. The van der Waals surface area contributed by atoms with Crippen molar-refractivity contribution in [2.75, 3.05) is 20.3 Å². The molecule has 1 aliphatic heterocycles. The number of hydrogen-bond donors (Lipinski definition) is 0. The van der Waals surface area contributed by atoms with E-state index in [9.17, 15) is 14.4 Å². The minimum Gasteiger partial charge on any atom is -0.460 e. The van der Waals surface area contributed by atoms with Gasteiger partial charge in [-0.05, 0) is 59.4 Å². The van der Waals surface area contributed by atoms with Crippen LogP contribution in [0.5, 0.6) is 5.75 Å². The van der Waals surface area contributed by atoms with Crippen LogP contribution in [0.4, 0.5) is 0 Å². The summed E-state index contributed by atoms with van der Waals surface area (Å²) in [7, 11) is 1.52. The lowest BCUT2D eigenvalue weighted by Gasteiger charge is -2.25. The Kier molecular flexibility index (Phi) is 8.61. The maximum absolute atomic E-state index is 13.9. The monoisotopic (exact) mass is 600 g/mol. The van der Waals surface area contributed by atoms with Crippen molar-refractivity contribution >= 4 is 29.4 Å². The highest BCUT2D eigenvalue weighted by Gasteiger charge is 2.33. The Balaban J connectivity index is 1.55. The number of fused-ring (bicyclic) bond motifs is 1. The SMILES string of the molecule is COCCOC(=O)C1=C(C)N=c2s/c(=C\c3ccc(C(C)(C)C)cc3)c(=O)n2[C@@H]1c1ccc(OC(=O)c2ccco2)cc1. The third-order valence-corrected chi connectivity index (χ3v) is 7.95. The predicted molar refractivity (Wildman–Crippen MR) is 162 cm³/mol. The number of aromatic nitrogens is 1. The van der Waals surface area contributed by atoms with Gasteiger partial charge in [-0.15, -0.1) is 0 Å². The number of methoxy groups -OCH3 is 1. The van der Waals surface area contributed by atoms with Crippen LogP contribution in [-0.4, -0.2) is 36.8 Å². The fourth-order valence-corrected chi connectivity index (χ4v) is 5.74. The molecule has 0 saturated heterocycles. The van der Waals surface area contributed by atoms with E-state index in [2.05, 4.69) is 37.9 Å². The summed E-state index contributed by atoms with van der Waals surface area (Å²) < 4.78 is 23.0. The summed E-state index contributed by atoms with van der Waals surface area (Å²) in [4.78, 5) is 44.7. The van der Waals surface area contributed by atoms with Crippen molar-refractivity contribution in [1.29, 1.82) is 0 Å². The predicted octanol–water partition coefficient (Wildman–Crippen LogP) is 4.53. The number of carbonyl (C=O) groups excluding carboxylic acids is 2. The molecule has 0 fully saturated rings. The number of allylic oxidation sites excluding steroid dienone is 1. The molecule has 10 heteroatoms. The van der Waals surface area contributed by atoms with Crippen molar-refractivity contribution in [3.63, 3.8) is 0 Å². The van der Waals surface area contributed by atoms with Gasteiger partial charge in [0.2, 0.25) is 5.76 Å². The Bertz CT molecular complexity index is 1840. The molecule has 0 aliphatic carbocycles. The number of ether oxygens (including phenoxy) is 3. The van der Waals surface area contributed by atoms with Gasteiger partial charge in [0.1, 0.15) is 12.4 Å². The normalized spacial score (nSPS) is 15.2. The topological polar surface area (TPSA) is 109 Å². The zero-order chi connectivity index (χ0) is 30.7. The quantitative estimate of drug-likeness (QED) is 0.166. The second-order valence-electron chi connectivity index (χ2n) is 11.0. The molecule has 0 saturated carbocycles. The van der Waals surface area contributed by atoms with Crippen molar-refractivity contribution in [2.24, 2.45) is 4.99 Å². The van der Waals surface area contributed by atoms with Gasteiger partial charge in [-0.2, -0.15) is 0 Å². The second-order valence-corrected chi connectivity index (χ2v) is 12.0. The number of thiazole rings is 1. The van der Waals surface area contributed by atoms with Gasteiger partial charge in [0, 0.05) is 7.11 Å². The minimum absolute atomic E-state index is 0.0102. The standard InChI is InChI=1S/C33H32N2O7S/c1-20-27(31(38)41-18-17-39-5)28(22-10-14-24(15-11-22)42-30(37)25-7-6-16-40-25)35-29(36)26(43-32(35)34-20)19-21-8-12-23(13-9-21)33(2,3)4/h6-16,19,28H,17-18H2,1-5H3/b26-19-/t28-/m1/s1. The van der Waals surface area contributed by atoms with Crippen molar-refractivity contribution in [3.8, 4) is 5.75 Å². The van der Waals surface area contributed by atoms with E-state index in [1.807, 2.05) is 18.2 Å². The number of rotatable bonds is 8. The lowest BCUT2D eigenvalue weighted by Crippen LogP contribution is -2.40. The average molecular weight is 601 g/mol. The Morgan fingerprint density at radius 2 is 1.74 bits per heavy atom. The second kappa shape index (κ2) is 12.4. The van der Waals surface area contributed by atoms with Gasteiger partial charge in [0.25, 0.3) is 5.56 Å². The van der Waals surface area contributed by atoms with Gasteiger partial charge in [-0.25, -0.2) is 14.6 Å². The van der Waals surface area contributed by atoms with Crippen LogP contribution >= 0.6 is 11.3 Å². The lowest BCUT2D eigenvalue weighted by atomic mass is 9.87. The highest BCUT2D eigenvalue weighted by Crippen LogP contribution is 2.32. The molecule has 0 spiro atoms. The molecule has 1 atom stereocenters. The first-order chi connectivity index (χ1) is 20.6. The highest BCUT2D eigenvalue weighted by molar-refractivity contribution is 7.07. The molecule has 2 aromatic heterocycles. The first-order valence-electron chi connectivity index (χ1n) is 13.7. The Morgan fingerprint density at radius 1 is 1.02 bits per heavy atom. The van der Waals surface area contributed by atoms with Crippen LogP contribution in [0.2, 0.25) is 0 Å². The van der Waals surface area contributed by atoms with Crippen LogP contribution in [0, 0.1) is 0 Å². The van der Waals surface area contributed by atoms with Crippen molar-refractivity contribution in [2.45, 2.75) is 39.2 Å². The van der Waals surface area contributed by atoms with E-state index < -0.39 is 18.0 Å². The zero-order valence-corrected chi connectivity index (χ0v) is 25.4.